The lowest BCUT2D eigenvalue weighted by Crippen LogP contribution is -2.48. The quantitative estimate of drug-likeness (QED) is 0.231. The van der Waals surface area contributed by atoms with Gasteiger partial charge in [-0.15, -0.1) is 0 Å². The van der Waals surface area contributed by atoms with Crippen molar-refractivity contribution in [3.63, 3.8) is 0 Å². The summed E-state index contributed by atoms with van der Waals surface area (Å²) in [4.78, 5) is 37.9. The number of carboxylic acid groups (broad SMARTS) is 1. The van der Waals surface area contributed by atoms with Crippen LogP contribution in [-0.2, 0) is 36.6 Å². The molecule has 0 radical (unpaired) electrons. The lowest BCUT2D eigenvalue weighted by atomic mass is 9.76. The van der Waals surface area contributed by atoms with Crippen LogP contribution in [0.25, 0.3) is 0 Å². The van der Waals surface area contributed by atoms with Gasteiger partial charge in [0.2, 0.25) is 5.91 Å². The van der Waals surface area contributed by atoms with Gasteiger partial charge in [0.25, 0.3) is 0 Å². The predicted molar refractivity (Wildman–Crippen MR) is 139 cm³/mol. The molecule has 2 N–H and O–H groups in total. The van der Waals surface area contributed by atoms with Crippen molar-refractivity contribution in [1.29, 1.82) is 0 Å². The highest BCUT2D eigenvalue weighted by molar-refractivity contribution is 5.84. The van der Waals surface area contributed by atoms with E-state index in [4.69, 9.17) is 24.1 Å². The first-order valence-corrected chi connectivity index (χ1v) is 14.0. The molecule has 0 bridgehead atoms. The number of nitrogens with one attached hydrogen (secondary N) is 1. The molecule has 0 spiro atoms. The summed E-state index contributed by atoms with van der Waals surface area (Å²) in [6.07, 6.45) is 7.80. The third kappa shape index (κ3) is 7.47. The molecule has 2 saturated carbocycles. The van der Waals surface area contributed by atoms with E-state index in [0.717, 1.165) is 44.9 Å². The Hall–Kier alpha value is -2.65. The van der Waals surface area contributed by atoms with Crippen LogP contribution in [-0.4, -0.2) is 62.2 Å². The predicted octanol–water partition coefficient (Wildman–Crippen LogP) is 4.43. The highest BCUT2D eigenvalue weighted by Crippen LogP contribution is 2.44. The van der Waals surface area contributed by atoms with Crippen molar-refractivity contribution in [2.45, 2.75) is 89.2 Å². The second kappa shape index (κ2) is 13.4. The van der Waals surface area contributed by atoms with E-state index in [1.807, 2.05) is 18.2 Å². The van der Waals surface area contributed by atoms with Crippen molar-refractivity contribution < 1.29 is 38.4 Å². The Morgan fingerprint density at radius 1 is 1.03 bits per heavy atom. The Morgan fingerprint density at radius 3 is 2.47 bits per heavy atom. The third-order valence-corrected chi connectivity index (χ3v) is 8.33. The summed E-state index contributed by atoms with van der Waals surface area (Å²) in [5.74, 6) is -0.429. The van der Waals surface area contributed by atoms with Crippen molar-refractivity contribution in [3.05, 3.63) is 29.3 Å². The Labute approximate surface area is 224 Å². The van der Waals surface area contributed by atoms with Crippen LogP contribution in [0.2, 0.25) is 0 Å². The van der Waals surface area contributed by atoms with Gasteiger partial charge in [0, 0.05) is 13.2 Å². The number of rotatable bonds is 12. The van der Waals surface area contributed by atoms with Crippen LogP contribution in [0.4, 0.5) is 4.79 Å². The molecule has 9 heteroatoms. The second-order valence-electron chi connectivity index (χ2n) is 11.0. The number of carbonyl (C=O) groups is 3. The average molecular weight is 532 g/mol. The van der Waals surface area contributed by atoms with Gasteiger partial charge in [-0.1, -0.05) is 18.9 Å². The van der Waals surface area contributed by atoms with Gasteiger partial charge in [-0.25, -0.2) is 4.79 Å². The van der Waals surface area contributed by atoms with Crippen molar-refractivity contribution in [3.8, 4) is 5.75 Å². The number of carbonyl (C=O) groups excluding carboxylic acids is 2. The first kappa shape index (κ1) is 28.4. The second-order valence-corrected chi connectivity index (χ2v) is 11.0. The number of benzene rings is 1. The van der Waals surface area contributed by atoms with Gasteiger partial charge in [-0.2, -0.15) is 0 Å². The van der Waals surface area contributed by atoms with Crippen LogP contribution in [0, 0.1) is 11.3 Å². The van der Waals surface area contributed by atoms with Gasteiger partial charge in [0.1, 0.15) is 11.9 Å². The van der Waals surface area contributed by atoms with Gasteiger partial charge in [-0.3, -0.25) is 9.59 Å². The van der Waals surface area contributed by atoms with E-state index in [1.54, 1.807) is 7.11 Å². The summed E-state index contributed by atoms with van der Waals surface area (Å²) in [5.41, 5.74) is 1.90. The molecule has 1 amide bonds. The van der Waals surface area contributed by atoms with E-state index in [2.05, 4.69) is 5.32 Å². The Balaban J connectivity index is 1.41. The molecule has 2 fully saturated rings. The fourth-order valence-corrected chi connectivity index (χ4v) is 6.24. The average Bonchev–Trinajstić information content (AvgIpc) is 3.57. The number of amides is 1. The SMILES string of the molecule is COCCOCC(CC1(C(=O)NC2CCC(OC(=O)O)CC2)CCCC1)C(=O)Oc1ccc2c(c1)CCC2. The molecular formula is C29H41NO8. The topological polar surface area (TPSA) is 120 Å². The molecule has 0 aromatic heterocycles. The molecule has 4 rings (SSSR count). The number of methoxy groups -OCH3 is 1. The Kier molecular flexibility index (Phi) is 10.0. The van der Waals surface area contributed by atoms with Gasteiger partial charge in [-0.05, 0) is 87.5 Å². The summed E-state index contributed by atoms with van der Waals surface area (Å²) >= 11 is 0. The number of fused-ring (bicyclic) bond motifs is 1. The first-order valence-electron chi connectivity index (χ1n) is 14.0. The molecule has 9 nitrogen and oxygen atoms in total. The summed E-state index contributed by atoms with van der Waals surface area (Å²) < 4.78 is 21.6. The maximum absolute atomic E-state index is 13.7. The molecule has 1 unspecified atom stereocenters. The van der Waals surface area contributed by atoms with Crippen LogP contribution in [0.5, 0.6) is 5.75 Å². The lowest BCUT2D eigenvalue weighted by molar-refractivity contribution is -0.144. The van der Waals surface area contributed by atoms with Crippen molar-refractivity contribution >= 4 is 18.0 Å². The number of esters is 1. The standard InChI is InChI=1S/C29H41NO8/c1-35-15-16-36-19-22(26(31)37-25-10-7-20-5-4-6-21(20)17-25)18-29(13-2-3-14-29)27(32)30-23-8-11-24(12-9-23)38-28(33)34/h7,10,17,22-24H,2-6,8-9,11-16,18-19H2,1H3,(H,30,32)(H,33,34). The monoisotopic (exact) mass is 531 g/mol. The highest BCUT2D eigenvalue weighted by Gasteiger charge is 2.45. The van der Waals surface area contributed by atoms with Crippen LogP contribution >= 0.6 is 0 Å². The zero-order valence-electron chi connectivity index (χ0n) is 22.4. The number of hydrogen-bond donors (Lipinski definition) is 2. The zero-order chi connectivity index (χ0) is 27.0. The molecular weight excluding hydrogens is 490 g/mol. The lowest BCUT2D eigenvalue weighted by Gasteiger charge is -2.35. The smallest absolute Gasteiger partial charge is 0.450 e. The molecule has 3 aliphatic rings. The van der Waals surface area contributed by atoms with Crippen LogP contribution in [0.3, 0.4) is 0 Å². The zero-order valence-corrected chi connectivity index (χ0v) is 22.4. The fourth-order valence-electron chi connectivity index (χ4n) is 6.24. The summed E-state index contributed by atoms with van der Waals surface area (Å²) in [5, 5.41) is 12.1. The van der Waals surface area contributed by atoms with E-state index in [1.165, 1.54) is 11.1 Å². The Bertz CT molecular complexity index is 965. The normalized spacial score (nSPS) is 22.9. The summed E-state index contributed by atoms with van der Waals surface area (Å²) in [6.45, 7) is 0.951. The Morgan fingerprint density at radius 2 is 1.76 bits per heavy atom. The van der Waals surface area contributed by atoms with Gasteiger partial charge < -0.3 is 29.4 Å². The minimum Gasteiger partial charge on any atom is -0.450 e. The van der Waals surface area contributed by atoms with E-state index >= 15 is 0 Å². The maximum atomic E-state index is 13.7. The summed E-state index contributed by atoms with van der Waals surface area (Å²) in [7, 11) is 1.60. The van der Waals surface area contributed by atoms with Gasteiger partial charge in [0.15, 0.2) is 0 Å². The molecule has 3 aliphatic carbocycles. The van der Waals surface area contributed by atoms with E-state index in [9.17, 15) is 14.4 Å². The van der Waals surface area contributed by atoms with Crippen LogP contribution < -0.4 is 10.1 Å². The molecule has 1 aromatic carbocycles. The molecule has 0 heterocycles. The first-order chi connectivity index (χ1) is 18.4. The number of hydrogen-bond acceptors (Lipinski definition) is 7. The molecule has 38 heavy (non-hydrogen) atoms. The maximum Gasteiger partial charge on any atom is 0.506 e. The van der Waals surface area contributed by atoms with Crippen molar-refractivity contribution in [2.75, 3.05) is 26.9 Å². The van der Waals surface area contributed by atoms with Gasteiger partial charge in [0.05, 0.1) is 31.2 Å². The minimum atomic E-state index is -1.26. The van der Waals surface area contributed by atoms with Crippen molar-refractivity contribution in [1.82, 2.24) is 5.32 Å². The molecule has 1 aromatic rings. The largest absolute Gasteiger partial charge is 0.506 e. The molecule has 1 atom stereocenters. The van der Waals surface area contributed by atoms with E-state index in [0.29, 0.717) is 51.1 Å². The van der Waals surface area contributed by atoms with Gasteiger partial charge >= 0.3 is 12.1 Å². The van der Waals surface area contributed by atoms with E-state index < -0.39 is 17.5 Å². The highest BCUT2D eigenvalue weighted by atomic mass is 16.7. The van der Waals surface area contributed by atoms with Crippen LogP contribution in [0.1, 0.15) is 75.3 Å². The van der Waals surface area contributed by atoms with Crippen molar-refractivity contribution in [2.24, 2.45) is 11.3 Å². The van der Waals surface area contributed by atoms with E-state index in [-0.39, 0.29) is 30.6 Å². The number of ether oxygens (including phenoxy) is 4. The molecule has 0 saturated heterocycles. The molecule has 210 valence electrons. The van der Waals surface area contributed by atoms with Crippen LogP contribution in [0.15, 0.2) is 18.2 Å². The fraction of sp³-hybridized carbons (Fsp3) is 0.690. The number of aryl methyl sites for hydroxylation is 2. The minimum absolute atomic E-state index is 0.0233. The molecule has 0 aliphatic heterocycles. The summed E-state index contributed by atoms with van der Waals surface area (Å²) in [6, 6.07) is 5.83. The third-order valence-electron chi connectivity index (χ3n) is 8.33.